The summed E-state index contributed by atoms with van der Waals surface area (Å²) in [5, 5.41) is 15.3. The monoisotopic (exact) mass is 507 g/mol. The summed E-state index contributed by atoms with van der Waals surface area (Å²) >= 11 is 0. The molecule has 0 aliphatic carbocycles. The summed E-state index contributed by atoms with van der Waals surface area (Å²) in [6.45, 7) is 10.8. The molecule has 3 amide bonds. The average molecular weight is 508 g/mol. The highest BCUT2D eigenvalue weighted by atomic mass is 16.6. The van der Waals surface area contributed by atoms with Gasteiger partial charge in [-0.15, -0.1) is 0 Å². The zero-order valence-corrected chi connectivity index (χ0v) is 22.4. The number of phenols is 1. The zero-order chi connectivity index (χ0) is 27.5. The minimum atomic E-state index is -1.16. The topological polar surface area (TPSA) is 134 Å². The second-order valence-electron chi connectivity index (χ2n) is 10.0. The smallest absolute Gasteiger partial charge is 0.408 e. The van der Waals surface area contributed by atoms with E-state index in [0.29, 0.717) is 18.4 Å². The number of unbranched alkanes of at least 4 members (excludes halogenated alkanes) is 1. The molecule has 10 heteroatoms. The Hall–Kier alpha value is -3.30. The Morgan fingerprint density at radius 1 is 1.14 bits per heavy atom. The fraction of sp³-hybridized carbons (Fsp3) is 0.615. The molecule has 10 nitrogen and oxygen atoms in total. The van der Waals surface area contributed by atoms with Crippen LogP contribution in [0.25, 0.3) is 0 Å². The number of hydrogen-bond donors (Lipinski definition) is 3. The first-order valence-corrected chi connectivity index (χ1v) is 12.2. The van der Waals surface area contributed by atoms with Crippen LogP contribution in [0.2, 0.25) is 0 Å². The van der Waals surface area contributed by atoms with E-state index in [1.54, 1.807) is 32.9 Å². The molecule has 1 rings (SSSR count). The Morgan fingerprint density at radius 3 is 2.33 bits per heavy atom. The van der Waals surface area contributed by atoms with Crippen molar-refractivity contribution in [3.8, 4) is 5.75 Å². The van der Waals surface area contributed by atoms with Crippen LogP contribution >= 0.6 is 0 Å². The summed E-state index contributed by atoms with van der Waals surface area (Å²) in [7, 11) is 1.21. The molecule has 0 aliphatic rings. The Labute approximate surface area is 213 Å². The predicted octanol–water partition coefficient (Wildman–Crippen LogP) is 3.29. The number of benzene rings is 1. The maximum atomic E-state index is 13.9. The van der Waals surface area contributed by atoms with Gasteiger partial charge in [0.15, 0.2) is 0 Å². The molecule has 0 fully saturated rings. The Balaban J connectivity index is 3.45. The van der Waals surface area contributed by atoms with Gasteiger partial charge in [0.2, 0.25) is 11.8 Å². The number of amides is 3. The largest absolute Gasteiger partial charge is 0.508 e. The number of alkyl carbamates (subject to hydrolysis) is 1. The minimum absolute atomic E-state index is 0.0503. The number of phenolic OH excluding ortho intramolecular Hbond substituents is 1. The van der Waals surface area contributed by atoms with Crippen molar-refractivity contribution in [3.05, 3.63) is 29.8 Å². The fourth-order valence-corrected chi connectivity index (χ4v) is 3.53. The molecule has 0 aromatic heterocycles. The van der Waals surface area contributed by atoms with Gasteiger partial charge < -0.3 is 30.1 Å². The van der Waals surface area contributed by atoms with Gasteiger partial charge >= 0.3 is 12.1 Å². The Kier molecular flexibility index (Phi) is 12.2. The lowest BCUT2D eigenvalue weighted by atomic mass is 9.98. The van der Waals surface area contributed by atoms with Crippen LogP contribution in [-0.2, 0) is 23.9 Å². The second kappa shape index (κ2) is 14.3. The van der Waals surface area contributed by atoms with Crippen molar-refractivity contribution in [2.75, 3.05) is 20.2 Å². The van der Waals surface area contributed by atoms with Gasteiger partial charge in [-0.25, -0.2) is 4.79 Å². The quantitative estimate of drug-likeness (QED) is 0.370. The van der Waals surface area contributed by atoms with Gasteiger partial charge in [-0.2, -0.15) is 0 Å². The molecule has 1 aromatic rings. The van der Waals surface area contributed by atoms with Crippen LogP contribution in [-0.4, -0.2) is 65.7 Å². The molecule has 0 heterocycles. The highest BCUT2D eigenvalue weighted by molar-refractivity contribution is 5.93. The minimum Gasteiger partial charge on any atom is -0.508 e. The maximum Gasteiger partial charge on any atom is 0.408 e. The van der Waals surface area contributed by atoms with Crippen molar-refractivity contribution in [3.63, 3.8) is 0 Å². The average Bonchev–Trinajstić information content (AvgIpc) is 2.77. The van der Waals surface area contributed by atoms with Crippen LogP contribution < -0.4 is 10.6 Å². The zero-order valence-electron chi connectivity index (χ0n) is 22.4. The lowest BCUT2D eigenvalue weighted by molar-refractivity contribution is -0.145. The molecule has 0 radical (unpaired) electrons. The van der Waals surface area contributed by atoms with Crippen molar-refractivity contribution in [1.82, 2.24) is 15.5 Å². The molecule has 0 saturated carbocycles. The molecule has 0 spiro atoms. The number of aromatic hydroxyl groups is 1. The molecule has 0 saturated heterocycles. The molecule has 0 aliphatic heterocycles. The highest BCUT2D eigenvalue weighted by Gasteiger charge is 2.36. The van der Waals surface area contributed by atoms with Gasteiger partial charge in [-0.1, -0.05) is 39.3 Å². The van der Waals surface area contributed by atoms with E-state index < -0.39 is 41.6 Å². The van der Waals surface area contributed by atoms with Gasteiger partial charge in [0.1, 0.15) is 30.0 Å². The van der Waals surface area contributed by atoms with E-state index in [-0.39, 0.29) is 24.8 Å². The second-order valence-corrected chi connectivity index (χ2v) is 10.0. The molecule has 1 aromatic carbocycles. The summed E-state index contributed by atoms with van der Waals surface area (Å²) in [6, 6.07) is 3.93. The van der Waals surface area contributed by atoms with E-state index in [4.69, 9.17) is 4.74 Å². The number of ether oxygens (including phenoxy) is 2. The van der Waals surface area contributed by atoms with E-state index in [1.807, 2.05) is 20.8 Å². The standard InChI is InChI=1S/C26H41N3O7/c1-8-9-13-29(24(33)20(14-17(2)3)28-25(34)36-26(4,5)6)22(18-11-10-12-19(30)15-18)23(32)27-16-21(31)35-7/h10-12,15,17,20,22,30H,8-9,13-14,16H2,1-7H3,(H,27,32)(H,28,34). The molecular weight excluding hydrogens is 466 g/mol. The van der Waals surface area contributed by atoms with Gasteiger partial charge in [0.05, 0.1) is 7.11 Å². The lowest BCUT2D eigenvalue weighted by Crippen LogP contribution is -2.53. The predicted molar refractivity (Wildman–Crippen MR) is 135 cm³/mol. The summed E-state index contributed by atoms with van der Waals surface area (Å²) in [6.07, 6.45) is 0.916. The first-order chi connectivity index (χ1) is 16.8. The fourth-order valence-electron chi connectivity index (χ4n) is 3.53. The van der Waals surface area contributed by atoms with Crippen molar-refractivity contribution >= 4 is 23.9 Å². The van der Waals surface area contributed by atoms with Crippen LogP contribution in [0.3, 0.4) is 0 Å². The van der Waals surface area contributed by atoms with E-state index in [0.717, 1.165) is 6.42 Å². The number of hydrogen-bond acceptors (Lipinski definition) is 7. The maximum absolute atomic E-state index is 13.9. The molecule has 3 N–H and O–H groups in total. The van der Waals surface area contributed by atoms with E-state index in [1.165, 1.54) is 24.1 Å². The normalized spacial score (nSPS) is 12.9. The number of nitrogens with zero attached hydrogens (tertiary/aromatic N) is 1. The highest BCUT2D eigenvalue weighted by Crippen LogP contribution is 2.27. The van der Waals surface area contributed by atoms with E-state index >= 15 is 0 Å². The summed E-state index contributed by atoms with van der Waals surface area (Å²) in [5.41, 5.74) is -0.391. The number of carbonyl (C=O) groups excluding carboxylic acids is 4. The van der Waals surface area contributed by atoms with Crippen LogP contribution in [0.15, 0.2) is 24.3 Å². The molecule has 0 bridgehead atoms. The molecule has 202 valence electrons. The molecule has 36 heavy (non-hydrogen) atoms. The van der Waals surface area contributed by atoms with Crippen molar-refractivity contribution in [1.29, 1.82) is 0 Å². The molecular formula is C26H41N3O7. The van der Waals surface area contributed by atoms with Crippen molar-refractivity contribution in [2.45, 2.75) is 78.5 Å². The third-order valence-corrected chi connectivity index (χ3v) is 5.11. The molecule has 2 atom stereocenters. The van der Waals surface area contributed by atoms with Gasteiger partial charge in [-0.05, 0) is 57.2 Å². The van der Waals surface area contributed by atoms with Gasteiger partial charge in [0, 0.05) is 6.54 Å². The SMILES string of the molecule is CCCCN(C(=O)C(CC(C)C)NC(=O)OC(C)(C)C)C(C(=O)NCC(=O)OC)c1cccc(O)c1. The lowest BCUT2D eigenvalue weighted by Gasteiger charge is -2.35. The number of methoxy groups -OCH3 is 1. The first-order valence-electron chi connectivity index (χ1n) is 12.2. The van der Waals surface area contributed by atoms with Crippen LogP contribution in [0, 0.1) is 5.92 Å². The number of nitrogens with one attached hydrogen (secondary N) is 2. The van der Waals surface area contributed by atoms with Crippen LogP contribution in [0.4, 0.5) is 4.79 Å². The Bertz CT molecular complexity index is 896. The number of esters is 1. The van der Waals surface area contributed by atoms with Gasteiger partial charge in [-0.3, -0.25) is 14.4 Å². The third-order valence-electron chi connectivity index (χ3n) is 5.11. The summed E-state index contributed by atoms with van der Waals surface area (Å²) in [5.74, 6) is -1.75. The molecule has 2 unspecified atom stereocenters. The van der Waals surface area contributed by atoms with E-state index in [2.05, 4.69) is 15.4 Å². The summed E-state index contributed by atoms with van der Waals surface area (Å²) in [4.78, 5) is 52.8. The summed E-state index contributed by atoms with van der Waals surface area (Å²) < 4.78 is 9.97. The van der Waals surface area contributed by atoms with Gasteiger partial charge in [0.25, 0.3) is 0 Å². The Morgan fingerprint density at radius 2 is 1.81 bits per heavy atom. The van der Waals surface area contributed by atoms with Crippen LogP contribution in [0.5, 0.6) is 5.75 Å². The number of rotatable bonds is 12. The van der Waals surface area contributed by atoms with Crippen molar-refractivity contribution in [2.24, 2.45) is 5.92 Å². The van der Waals surface area contributed by atoms with Crippen LogP contribution in [0.1, 0.15) is 72.4 Å². The first kappa shape index (κ1) is 30.7. The van der Waals surface area contributed by atoms with E-state index in [9.17, 15) is 24.3 Å². The van der Waals surface area contributed by atoms with Crippen molar-refractivity contribution < 1.29 is 33.8 Å². The number of carbonyl (C=O) groups is 4. The third kappa shape index (κ3) is 10.5.